The van der Waals surface area contributed by atoms with E-state index < -0.39 is 0 Å². The van der Waals surface area contributed by atoms with Crippen molar-refractivity contribution in [3.63, 3.8) is 0 Å². The van der Waals surface area contributed by atoms with Gasteiger partial charge in [0.15, 0.2) is 11.6 Å². The van der Waals surface area contributed by atoms with Crippen LogP contribution in [-0.4, -0.2) is 16.6 Å². The summed E-state index contributed by atoms with van der Waals surface area (Å²) in [5.74, 6) is -0.0191. The van der Waals surface area contributed by atoms with Crippen molar-refractivity contribution in [3.8, 4) is 17.0 Å². The first-order valence-electron chi connectivity index (χ1n) is 12.5. The molecule has 0 aliphatic carbocycles. The molecule has 0 aliphatic rings. The van der Waals surface area contributed by atoms with Crippen molar-refractivity contribution >= 4 is 0 Å². The van der Waals surface area contributed by atoms with Crippen molar-refractivity contribution in [2.75, 3.05) is 6.61 Å². The van der Waals surface area contributed by atoms with Gasteiger partial charge in [0.2, 0.25) is 0 Å². The van der Waals surface area contributed by atoms with Crippen molar-refractivity contribution in [1.82, 2.24) is 9.97 Å². The molecule has 1 aromatic carbocycles. The topological polar surface area (TPSA) is 35.0 Å². The number of nitrogens with zero attached hydrogens (tertiary/aromatic N) is 2. The Morgan fingerprint density at radius 1 is 0.742 bits per heavy atom. The summed E-state index contributed by atoms with van der Waals surface area (Å²) < 4.78 is 20.0. The number of halogens is 1. The summed E-state index contributed by atoms with van der Waals surface area (Å²) in [6.45, 7) is 5.01. The smallest absolute Gasteiger partial charge is 0.165 e. The molecule has 0 amide bonds. The van der Waals surface area contributed by atoms with E-state index >= 15 is 0 Å². The maximum absolute atomic E-state index is 14.4. The van der Waals surface area contributed by atoms with Gasteiger partial charge in [0, 0.05) is 11.8 Å². The van der Waals surface area contributed by atoms with Gasteiger partial charge in [-0.05, 0) is 37.5 Å². The molecule has 0 aliphatic heterocycles. The predicted octanol–water partition coefficient (Wildman–Crippen LogP) is 8.32. The van der Waals surface area contributed by atoms with Crippen LogP contribution in [0.25, 0.3) is 11.3 Å². The Balaban J connectivity index is 1.72. The highest BCUT2D eigenvalue weighted by Crippen LogP contribution is 2.24. The molecule has 2 rings (SSSR count). The summed E-state index contributed by atoms with van der Waals surface area (Å²) in [6.07, 6.45) is 20.8. The summed E-state index contributed by atoms with van der Waals surface area (Å²) >= 11 is 0. The highest BCUT2D eigenvalue weighted by Gasteiger charge is 2.08. The highest BCUT2D eigenvalue weighted by atomic mass is 19.1. The lowest BCUT2D eigenvalue weighted by molar-refractivity contribution is 0.290. The van der Waals surface area contributed by atoms with Crippen LogP contribution in [0.2, 0.25) is 0 Å². The van der Waals surface area contributed by atoms with Crippen LogP contribution >= 0.6 is 0 Å². The van der Waals surface area contributed by atoms with Gasteiger partial charge < -0.3 is 4.74 Å². The van der Waals surface area contributed by atoms with Crippen LogP contribution in [0.15, 0.2) is 30.6 Å². The zero-order chi connectivity index (χ0) is 22.2. The first-order valence-corrected chi connectivity index (χ1v) is 12.5. The lowest BCUT2D eigenvalue weighted by Gasteiger charge is -2.09. The number of rotatable bonds is 17. The van der Waals surface area contributed by atoms with Crippen LogP contribution < -0.4 is 4.74 Å². The van der Waals surface area contributed by atoms with Crippen LogP contribution in [0.4, 0.5) is 4.39 Å². The molecule has 0 atom stereocenters. The number of hydrogen-bond donors (Lipinski definition) is 0. The third-order valence-electron chi connectivity index (χ3n) is 5.72. The Morgan fingerprint density at radius 2 is 1.39 bits per heavy atom. The molecule has 172 valence electrons. The number of ether oxygens (including phenoxy) is 1. The van der Waals surface area contributed by atoms with Gasteiger partial charge >= 0.3 is 0 Å². The molecule has 0 spiro atoms. The van der Waals surface area contributed by atoms with E-state index in [2.05, 4.69) is 23.8 Å². The highest BCUT2D eigenvalue weighted by molar-refractivity contribution is 5.59. The molecule has 31 heavy (non-hydrogen) atoms. The Morgan fingerprint density at radius 3 is 2.00 bits per heavy atom. The summed E-state index contributed by atoms with van der Waals surface area (Å²) in [4.78, 5) is 9.04. The third kappa shape index (κ3) is 10.3. The normalized spacial score (nSPS) is 11.1. The molecule has 0 fully saturated rings. The van der Waals surface area contributed by atoms with E-state index in [0.29, 0.717) is 18.1 Å². The van der Waals surface area contributed by atoms with E-state index in [0.717, 1.165) is 36.9 Å². The quantitative estimate of drug-likeness (QED) is 0.238. The minimum atomic E-state index is -0.337. The lowest BCUT2D eigenvalue weighted by atomic mass is 10.1. The van der Waals surface area contributed by atoms with Crippen molar-refractivity contribution < 1.29 is 9.13 Å². The van der Waals surface area contributed by atoms with Crippen LogP contribution in [0, 0.1) is 5.82 Å². The molecule has 0 saturated carbocycles. The summed E-state index contributed by atoms with van der Waals surface area (Å²) in [6, 6.07) is 5.05. The number of benzene rings is 1. The molecule has 0 radical (unpaired) electrons. The monoisotopic (exact) mass is 428 g/mol. The zero-order valence-corrected chi connectivity index (χ0v) is 19.7. The first-order chi connectivity index (χ1) is 15.2. The second-order valence-electron chi connectivity index (χ2n) is 8.53. The number of aromatic nitrogens is 2. The van der Waals surface area contributed by atoms with Crippen molar-refractivity contribution in [2.24, 2.45) is 0 Å². The Kier molecular flexibility index (Phi) is 12.9. The average Bonchev–Trinajstić information content (AvgIpc) is 2.79. The molecule has 0 N–H and O–H groups in total. The molecular weight excluding hydrogens is 387 g/mol. The van der Waals surface area contributed by atoms with Crippen LogP contribution in [0.1, 0.15) is 103 Å². The molecule has 0 bridgehead atoms. The second kappa shape index (κ2) is 15.8. The molecule has 0 saturated heterocycles. The van der Waals surface area contributed by atoms with Crippen LogP contribution in [-0.2, 0) is 6.42 Å². The SMILES string of the molecule is CCCCCCCCCCc1cnc(-c2ccc(OCCCCCCC)c(F)c2)cn1. The summed E-state index contributed by atoms with van der Waals surface area (Å²) in [5, 5.41) is 0. The third-order valence-corrected chi connectivity index (χ3v) is 5.72. The fraction of sp³-hybridized carbons (Fsp3) is 0.630. The van der Waals surface area contributed by atoms with E-state index in [1.165, 1.54) is 70.3 Å². The predicted molar refractivity (Wildman–Crippen MR) is 128 cm³/mol. The van der Waals surface area contributed by atoms with Gasteiger partial charge in [-0.15, -0.1) is 0 Å². The van der Waals surface area contributed by atoms with E-state index in [1.54, 1.807) is 12.3 Å². The minimum absolute atomic E-state index is 0.318. The largest absolute Gasteiger partial charge is 0.491 e. The van der Waals surface area contributed by atoms with Gasteiger partial charge in [-0.1, -0.05) is 84.5 Å². The molecule has 1 heterocycles. The maximum atomic E-state index is 14.4. The van der Waals surface area contributed by atoms with Gasteiger partial charge in [0.25, 0.3) is 0 Å². The average molecular weight is 429 g/mol. The van der Waals surface area contributed by atoms with Gasteiger partial charge in [-0.2, -0.15) is 0 Å². The molecule has 2 aromatic rings. The maximum Gasteiger partial charge on any atom is 0.165 e. The zero-order valence-electron chi connectivity index (χ0n) is 19.7. The summed E-state index contributed by atoms with van der Waals surface area (Å²) in [7, 11) is 0. The van der Waals surface area contributed by atoms with Crippen molar-refractivity contribution in [1.29, 1.82) is 0 Å². The van der Waals surface area contributed by atoms with Crippen LogP contribution in [0.3, 0.4) is 0 Å². The molecular formula is C27H41FN2O. The van der Waals surface area contributed by atoms with E-state index in [1.807, 2.05) is 12.3 Å². The standard InChI is InChI=1S/C27H41FN2O/c1-3-5-7-9-10-11-12-14-16-24-21-30-26(22-29-24)23-17-18-27(25(28)20-23)31-19-15-13-8-6-4-2/h17-18,20-22H,3-16,19H2,1-2H3. The minimum Gasteiger partial charge on any atom is -0.491 e. The van der Waals surface area contributed by atoms with Crippen molar-refractivity contribution in [2.45, 2.75) is 104 Å². The molecule has 4 heteroatoms. The van der Waals surface area contributed by atoms with Crippen molar-refractivity contribution in [3.05, 3.63) is 42.1 Å². The fourth-order valence-electron chi connectivity index (χ4n) is 3.74. The van der Waals surface area contributed by atoms with E-state index in [9.17, 15) is 4.39 Å². The first kappa shape index (κ1) is 25.3. The van der Waals surface area contributed by atoms with Crippen LogP contribution in [0.5, 0.6) is 5.75 Å². The van der Waals surface area contributed by atoms with E-state index in [4.69, 9.17) is 4.74 Å². The molecule has 0 unspecified atom stereocenters. The second-order valence-corrected chi connectivity index (χ2v) is 8.53. The summed E-state index contributed by atoms with van der Waals surface area (Å²) in [5.41, 5.74) is 2.45. The number of unbranched alkanes of at least 4 members (excludes halogenated alkanes) is 11. The van der Waals surface area contributed by atoms with Gasteiger partial charge in [0.05, 0.1) is 24.2 Å². The fourth-order valence-corrected chi connectivity index (χ4v) is 3.74. The van der Waals surface area contributed by atoms with Gasteiger partial charge in [-0.3, -0.25) is 9.97 Å². The molecule has 1 aromatic heterocycles. The number of aryl methyl sites for hydroxylation is 1. The molecule has 3 nitrogen and oxygen atoms in total. The number of hydrogen-bond acceptors (Lipinski definition) is 3. The van der Waals surface area contributed by atoms with Gasteiger partial charge in [0.1, 0.15) is 0 Å². The van der Waals surface area contributed by atoms with E-state index in [-0.39, 0.29) is 5.82 Å². The van der Waals surface area contributed by atoms with Gasteiger partial charge in [-0.25, -0.2) is 4.39 Å². The lowest BCUT2D eigenvalue weighted by Crippen LogP contribution is -2.00. The Labute approximate surface area is 188 Å². The Bertz CT molecular complexity index is 718. The Hall–Kier alpha value is -1.97.